The third-order valence-corrected chi connectivity index (χ3v) is 2.31. The van der Waals surface area contributed by atoms with E-state index >= 15 is 0 Å². The molecule has 0 bridgehead atoms. The summed E-state index contributed by atoms with van der Waals surface area (Å²) in [6, 6.07) is 8.71. The van der Waals surface area contributed by atoms with Crippen molar-refractivity contribution < 1.29 is 0 Å². The van der Waals surface area contributed by atoms with Gasteiger partial charge in [-0.3, -0.25) is 0 Å². The Hall–Kier alpha value is 0.300. The molecule has 0 heterocycles. The minimum atomic E-state index is 1.13. The minimum Gasteiger partial charge on any atom is -0.130 e. The zero-order valence-corrected chi connectivity index (χ0v) is 10.8. The predicted octanol–water partition coefficient (Wildman–Crippen LogP) is 4.02. The molecule has 0 aliphatic heterocycles. The smallest absolute Gasteiger partial charge is 0.00693 e. The highest BCUT2D eigenvalue weighted by atomic mass is 127. The number of alkyl halides is 1. The summed E-state index contributed by atoms with van der Waals surface area (Å²) in [7, 11) is 0. The van der Waals surface area contributed by atoms with Crippen LogP contribution in [0.2, 0.25) is 0 Å². The topological polar surface area (TPSA) is 0 Å². The molecular weight excluding hydrogens is 279 g/mol. The van der Waals surface area contributed by atoms with Crippen molar-refractivity contribution in [3.05, 3.63) is 29.8 Å². The molecule has 0 saturated heterocycles. The lowest BCUT2D eigenvalue weighted by Gasteiger charge is -1.97. The van der Waals surface area contributed by atoms with Gasteiger partial charge in [-0.15, -0.1) is 11.8 Å². The lowest BCUT2D eigenvalue weighted by molar-refractivity contribution is 1.13. The van der Waals surface area contributed by atoms with Crippen LogP contribution in [0.15, 0.2) is 29.2 Å². The first-order chi connectivity index (χ1) is 5.86. The second-order valence-electron chi connectivity index (χ2n) is 2.20. The van der Waals surface area contributed by atoms with Gasteiger partial charge in [0.1, 0.15) is 0 Å². The molecule has 0 aliphatic carbocycles. The molecule has 2 heteroatoms. The van der Waals surface area contributed by atoms with Gasteiger partial charge in [-0.1, -0.05) is 41.6 Å². The summed E-state index contributed by atoms with van der Waals surface area (Å²) >= 11 is 3.94. The van der Waals surface area contributed by atoms with Crippen LogP contribution < -0.4 is 0 Å². The van der Waals surface area contributed by atoms with Crippen LogP contribution in [-0.4, -0.2) is 11.2 Å². The van der Waals surface area contributed by atoms with Crippen molar-refractivity contribution >= 4 is 34.4 Å². The van der Waals surface area contributed by atoms with Crippen LogP contribution in [0.1, 0.15) is 12.5 Å². The Labute approximate surface area is 93.3 Å². The maximum absolute atomic E-state index is 2.19. The maximum atomic E-state index is 2.19. The van der Waals surface area contributed by atoms with Crippen molar-refractivity contribution in [3.8, 4) is 0 Å². The van der Waals surface area contributed by atoms with Gasteiger partial charge >= 0.3 is 0 Å². The third-order valence-electron chi connectivity index (χ3n) is 1.57. The standard InChI is InChI=1S/C9H12S.CH3I/c1-3-8-4-6-9(10-2)7-5-8;1-2/h4-7H,3H2,1-2H3;1H3. The van der Waals surface area contributed by atoms with E-state index in [1.807, 2.05) is 4.93 Å². The summed E-state index contributed by atoms with van der Waals surface area (Å²) in [4.78, 5) is 3.31. The van der Waals surface area contributed by atoms with E-state index in [4.69, 9.17) is 0 Å². The maximum Gasteiger partial charge on any atom is 0.00693 e. The molecule has 0 unspecified atom stereocenters. The van der Waals surface area contributed by atoms with Gasteiger partial charge in [0.2, 0.25) is 0 Å². The van der Waals surface area contributed by atoms with Crippen molar-refractivity contribution in [2.45, 2.75) is 18.2 Å². The van der Waals surface area contributed by atoms with Crippen LogP contribution in [0.25, 0.3) is 0 Å². The van der Waals surface area contributed by atoms with Gasteiger partial charge in [0.15, 0.2) is 0 Å². The molecule has 12 heavy (non-hydrogen) atoms. The highest BCUT2D eigenvalue weighted by molar-refractivity contribution is 14.1. The Morgan fingerprint density at radius 1 is 1.17 bits per heavy atom. The van der Waals surface area contributed by atoms with E-state index in [9.17, 15) is 0 Å². The quantitative estimate of drug-likeness (QED) is 0.451. The summed E-state index contributed by atoms with van der Waals surface area (Å²) in [5, 5.41) is 0. The Bertz CT molecular complexity index is 170. The van der Waals surface area contributed by atoms with E-state index < -0.39 is 0 Å². The molecule has 0 nitrogen and oxygen atoms in total. The van der Waals surface area contributed by atoms with E-state index in [1.165, 1.54) is 10.5 Å². The molecular formula is C10H15IS. The molecule has 0 aromatic heterocycles. The lowest BCUT2D eigenvalue weighted by Crippen LogP contribution is -1.77. The summed E-state index contributed by atoms with van der Waals surface area (Å²) in [5.74, 6) is 0. The van der Waals surface area contributed by atoms with Gasteiger partial charge in [-0.05, 0) is 35.3 Å². The fraction of sp³-hybridized carbons (Fsp3) is 0.400. The molecule has 1 aromatic rings. The van der Waals surface area contributed by atoms with E-state index in [0.29, 0.717) is 0 Å². The number of thioether (sulfide) groups is 1. The second kappa shape index (κ2) is 7.92. The Morgan fingerprint density at radius 3 is 2.00 bits per heavy atom. The van der Waals surface area contributed by atoms with E-state index in [1.54, 1.807) is 11.8 Å². The minimum absolute atomic E-state index is 1.13. The van der Waals surface area contributed by atoms with E-state index in [0.717, 1.165) is 6.42 Å². The molecule has 0 amide bonds. The molecule has 0 spiro atoms. The SMILES string of the molecule is CCc1ccc(SC)cc1.CI. The number of rotatable bonds is 2. The Morgan fingerprint density at radius 2 is 1.67 bits per heavy atom. The molecule has 0 N–H and O–H groups in total. The molecule has 68 valence electrons. The van der Waals surface area contributed by atoms with Gasteiger partial charge < -0.3 is 0 Å². The number of hydrogen-bond donors (Lipinski definition) is 0. The van der Waals surface area contributed by atoms with Crippen LogP contribution in [0.5, 0.6) is 0 Å². The van der Waals surface area contributed by atoms with Crippen LogP contribution in [0, 0.1) is 0 Å². The monoisotopic (exact) mass is 294 g/mol. The zero-order chi connectivity index (χ0) is 9.40. The first kappa shape index (κ1) is 12.3. The first-order valence-corrected chi connectivity index (χ1v) is 7.25. The van der Waals surface area contributed by atoms with E-state index in [2.05, 4.69) is 60.0 Å². The molecule has 0 radical (unpaired) electrons. The average molecular weight is 294 g/mol. The summed E-state index contributed by atoms with van der Waals surface area (Å²) in [6.45, 7) is 2.17. The van der Waals surface area contributed by atoms with Crippen LogP contribution in [-0.2, 0) is 6.42 Å². The zero-order valence-electron chi connectivity index (χ0n) is 7.80. The largest absolute Gasteiger partial charge is 0.130 e. The summed E-state index contributed by atoms with van der Waals surface area (Å²) < 4.78 is 0. The number of aryl methyl sites for hydroxylation is 1. The Balaban J connectivity index is 0.000000561. The van der Waals surface area contributed by atoms with Gasteiger partial charge in [-0.25, -0.2) is 0 Å². The molecule has 0 atom stereocenters. The lowest BCUT2D eigenvalue weighted by atomic mass is 10.2. The highest BCUT2D eigenvalue weighted by Crippen LogP contribution is 2.14. The Kier molecular flexibility index (Phi) is 8.12. The van der Waals surface area contributed by atoms with Crippen molar-refractivity contribution in [2.24, 2.45) is 0 Å². The van der Waals surface area contributed by atoms with Gasteiger partial charge in [0, 0.05) is 4.90 Å². The molecule has 0 fully saturated rings. The summed E-state index contributed by atoms with van der Waals surface area (Å²) in [6.07, 6.45) is 3.23. The molecule has 1 rings (SSSR count). The third kappa shape index (κ3) is 4.36. The van der Waals surface area contributed by atoms with Crippen LogP contribution in [0.4, 0.5) is 0 Å². The van der Waals surface area contributed by atoms with Gasteiger partial charge in [-0.2, -0.15) is 0 Å². The normalized spacial score (nSPS) is 8.67. The summed E-state index contributed by atoms with van der Waals surface area (Å²) in [5.41, 5.74) is 1.41. The predicted molar refractivity (Wildman–Crippen MR) is 67.5 cm³/mol. The molecule has 1 aromatic carbocycles. The first-order valence-electron chi connectivity index (χ1n) is 3.87. The van der Waals surface area contributed by atoms with Gasteiger partial charge in [0.05, 0.1) is 0 Å². The van der Waals surface area contributed by atoms with Crippen molar-refractivity contribution in [1.29, 1.82) is 0 Å². The van der Waals surface area contributed by atoms with Crippen LogP contribution >= 0.6 is 34.4 Å². The van der Waals surface area contributed by atoms with Crippen molar-refractivity contribution in [3.63, 3.8) is 0 Å². The van der Waals surface area contributed by atoms with Gasteiger partial charge in [0.25, 0.3) is 0 Å². The molecule has 0 saturated carbocycles. The fourth-order valence-electron chi connectivity index (χ4n) is 0.861. The average Bonchev–Trinajstić information content (AvgIpc) is 2.21. The molecule has 0 aliphatic rings. The van der Waals surface area contributed by atoms with Crippen molar-refractivity contribution in [2.75, 3.05) is 11.2 Å². The van der Waals surface area contributed by atoms with Crippen LogP contribution in [0.3, 0.4) is 0 Å². The highest BCUT2D eigenvalue weighted by Gasteiger charge is 1.88. The fourth-order valence-corrected chi connectivity index (χ4v) is 1.27. The number of hydrogen-bond acceptors (Lipinski definition) is 1. The van der Waals surface area contributed by atoms with E-state index in [-0.39, 0.29) is 0 Å². The number of halogens is 1. The van der Waals surface area contributed by atoms with Crippen molar-refractivity contribution in [1.82, 2.24) is 0 Å². The number of benzene rings is 1. The second-order valence-corrected chi connectivity index (χ2v) is 3.08.